The molecule has 1 aliphatic heterocycles. The van der Waals surface area contributed by atoms with Gasteiger partial charge in [0.2, 0.25) is 0 Å². The minimum absolute atomic E-state index is 0.251. The molecule has 1 atom stereocenters. The summed E-state index contributed by atoms with van der Waals surface area (Å²) in [5.41, 5.74) is 3.98. The number of rotatable bonds is 4. The van der Waals surface area contributed by atoms with Crippen LogP contribution in [0.1, 0.15) is 43.9 Å². The molecular weight excluding hydrogens is 230 g/mol. The van der Waals surface area contributed by atoms with Crippen molar-refractivity contribution in [2.24, 2.45) is 0 Å². The van der Waals surface area contributed by atoms with Gasteiger partial charge < -0.3 is 4.90 Å². The van der Waals surface area contributed by atoms with Gasteiger partial charge in [0.25, 0.3) is 0 Å². The summed E-state index contributed by atoms with van der Waals surface area (Å²) in [7, 11) is 0. The van der Waals surface area contributed by atoms with Crippen molar-refractivity contribution in [1.82, 2.24) is 4.90 Å². The fraction of sp³-hybridized carbons (Fsp3) is 0.333. The van der Waals surface area contributed by atoms with Crippen molar-refractivity contribution < 1.29 is 0 Å². The van der Waals surface area contributed by atoms with E-state index in [0.717, 1.165) is 6.54 Å². The third kappa shape index (κ3) is 3.17. The van der Waals surface area contributed by atoms with E-state index in [2.05, 4.69) is 74.9 Å². The fourth-order valence-corrected chi connectivity index (χ4v) is 2.45. The maximum absolute atomic E-state index is 4.00. The lowest BCUT2D eigenvalue weighted by atomic mass is 9.98. The maximum atomic E-state index is 4.00. The summed E-state index contributed by atoms with van der Waals surface area (Å²) >= 11 is 0. The van der Waals surface area contributed by atoms with Crippen LogP contribution in [0.15, 0.2) is 60.8 Å². The van der Waals surface area contributed by atoms with Gasteiger partial charge in [0.05, 0.1) is 6.04 Å². The number of allylic oxidation sites excluding steroid dienone is 2. The van der Waals surface area contributed by atoms with Crippen LogP contribution < -0.4 is 0 Å². The standard InChI is InChI=1S/C18H23N/c1-5-18(19-12-6-7-15(4)13-19)17-10-8-16(9-11-17)14(2)3/h5-11,13-14,18H,1,12H2,2-4H3. The Hall–Kier alpha value is -1.76. The minimum atomic E-state index is 0.251. The van der Waals surface area contributed by atoms with Crippen molar-refractivity contribution in [3.05, 3.63) is 72.0 Å². The molecule has 0 saturated carbocycles. The Kier molecular flexibility index (Phi) is 4.26. The average molecular weight is 253 g/mol. The predicted octanol–water partition coefficient (Wildman–Crippen LogP) is 4.81. The number of nitrogens with zero attached hydrogens (tertiary/aromatic N) is 1. The zero-order chi connectivity index (χ0) is 13.8. The van der Waals surface area contributed by atoms with Gasteiger partial charge in [-0.3, -0.25) is 0 Å². The van der Waals surface area contributed by atoms with Gasteiger partial charge in [-0.05, 0) is 29.5 Å². The van der Waals surface area contributed by atoms with E-state index in [1.54, 1.807) is 0 Å². The molecule has 1 aromatic rings. The van der Waals surface area contributed by atoms with Crippen molar-refractivity contribution in [2.75, 3.05) is 6.54 Å². The van der Waals surface area contributed by atoms with Crippen molar-refractivity contribution in [2.45, 2.75) is 32.7 Å². The summed E-state index contributed by atoms with van der Waals surface area (Å²) in [5, 5.41) is 0. The van der Waals surface area contributed by atoms with Crippen LogP contribution >= 0.6 is 0 Å². The molecule has 0 N–H and O–H groups in total. The van der Waals surface area contributed by atoms with Gasteiger partial charge in [0.15, 0.2) is 0 Å². The van der Waals surface area contributed by atoms with Gasteiger partial charge >= 0.3 is 0 Å². The molecule has 1 heteroatoms. The largest absolute Gasteiger partial charge is 0.363 e. The zero-order valence-electron chi connectivity index (χ0n) is 12.1. The summed E-state index contributed by atoms with van der Waals surface area (Å²) in [6.45, 7) is 11.5. The Morgan fingerprint density at radius 1 is 1.16 bits per heavy atom. The van der Waals surface area contributed by atoms with Crippen molar-refractivity contribution in [1.29, 1.82) is 0 Å². The molecule has 100 valence electrons. The van der Waals surface area contributed by atoms with Crippen LogP contribution in [0.4, 0.5) is 0 Å². The molecule has 1 heterocycles. The molecular formula is C18H23N. The molecule has 0 amide bonds. The normalized spacial score (nSPS) is 16.4. The van der Waals surface area contributed by atoms with E-state index in [9.17, 15) is 0 Å². The second kappa shape index (κ2) is 5.92. The number of hydrogen-bond acceptors (Lipinski definition) is 1. The van der Waals surface area contributed by atoms with E-state index >= 15 is 0 Å². The molecule has 0 aliphatic carbocycles. The summed E-state index contributed by atoms with van der Waals surface area (Å²) in [4.78, 5) is 2.33. The Morgan fingerprint density at radius 2 is 1.79 bits per heavy atom. The topological polar surface area (TPSA) is 3.24 Å². The fourth-order valence-electron chi connectivity index (χ4n) is 2.45. The Labute approximate surface area is 116 Å². The highest BCUT2D eigenvalue weighted by molar-refractivity contribution is 5.31. The lowest BCUT2D eigenvalue weighted by Gasteiger charge is -2.30. The average Bonchev–Trinajstić information content (AvgIpc) is 2.40. The van der Waals surface area contributed by atoms with E-state index in [1.807, 2.05) is 6.08 Å². The quantitative estimate of drug-likeness (QED) is 0.696. The minimum Gasteiger partial charge on any atom is -0.363 e. The molecule has 1 nitrogen and oxygen atoms in total. The highest BCUT2D eigenvalue weighted by Crippen LogP contribution is 2.26. The first-order chi connectivity index (χ1) is 9.11. The van der Waals surface area contributed by atoms with Crippen LogP contribution in [0, 0.1) is 0 Å². The van der Waals surface area contributed by atoms with Crippen LogP contribution in [0.5, 0.6) is 0 Å². The van der Waals surface area contributed by atoms with Crippen molar-refractivity contribution in [3.8, 4) is 0 Å². The molecule has 19 heavy (non-hydrogen) atoms. The highest BCUT2D eigenvalue weighted by Gasteiger charge is 2.15. The predicted molar refractivity (Wildman–Crippen MR) is 83.1 cm³/mol. The number of hydrogen-bond donors (Lipinski definition) is 0. The molecule has 2 rings (SSSR count). The van der Waals surface area contributed by atoms with E-state index in [1.165, 1.54) is 16.7 Å². The Bertz CT molecular complexity index is 491. The van der Waals surface area contributed by atoms with Crippen LogP contribution in [-0.2, 0) is 0 Å². The lowest BCUT2D eigenvalue weighted by Crippen LogP contribution is -2.24. The van der Waals surface area contributed by atoms with E-state index < -0.39 is 0 Å². The zero-order valence-corrected chi connectivity index (χ0v) is 12.1. The second-order valence-electron chi connectivity index (χ2n) is 5.47. The molecule has 0 fully saturated rings. The molecule has 1 aromatic carbocycles. The third-order valence-corrected chi connectivity index (χ3v) is 3.59. The molecule has 0 radical (unpaired) electrons. The summed E-state index contributed by atoms with van der Waals surface area (Å²) in [6.07, 6.45) is 8.60. The van der Waals surface area contributed by atoms with Gasteiger partial charge in [-0.1, -0.05) is 56.3 Å². The summed E-state index contributed by atoms with van der Waals surface area (Å²) < 4.78 is 0. The molecule has 0 saturated heterocycles. The van der Waals surface area contributed by atoms with Crippen LogP contribution in [0.25, 0.3) is 0 Å². The lowest BCUT2D eigenvalue weighted by molar-refractivity contribution is 0.353. The van der Waals surface area contributed by atoms with E-state index in [4.69, 9.17) is 0 Å². The maximum Gasteiger partial charge on any atom is 0.0722 e. The molecule has 1 aliphatic rings. The molecule has 1 unspecified atom stereocenters. The van der Waals surface area contributed by atoms with Crippen molar-refractivity contribution >= 4 is 0 Å². The smallest absolute Gasteiger partial charge is 0.0722 e. The molecule has 0 spiro atoms. The van der Waals surface area contributed by atoms with Gasteiger partial charge in [-0.25, -0.2) is 0 Å². The van der Waals surface area contributed by atoms with Crippen molar-refractivity contribution in [3.63, 3.8) is 0 Å². The Morgan fingerprint density at radius 3 is 2.32 bits per heavy atom. The van der Waals surface area contributed by atoms with E-state index in [0.29, 0.717) is 5.92 Å². The highest BCUT2D eigenvalue weighted by atomic mass is 15.1. The number of benzene rings is 1. The molecule has 0 bridgehead atoms. The first-order valence-electron chi connectivity index (χ1n) is 6.95. The first-order valence-corrected chi connectivity index (χ1v) is 6.95. The SMILES string of the molecule is C=CC(c1ccc(C(C)C)cc1)N1C=C(C)C=CC1. The van der Waals surface area contributed by atoms with Gasteiger partial charge in [0.1, 0.15) is 0 Å². The summed E-state index contributed by atoms with van der Waals surface area (Å²) in [5.74, 6) is 0.580. The van der Waals surface area contributed by atoms with Gasteiger partial charge in [-0.2, -0.15) is 0 Å². The Balaban J connectivity index is 2.22. The first kappa shape index (κ1) is 13.7. The van der Waals surface area contributed by atoms with Crippen LogP contribution in [0.2, 0.25) is 0 Å². The monoisotopic (exact) mass is 253 g/mol. The van der Waals surface area contributed by atoms with Gasteiger partial charge in [-0.15, -0.1) is 6.58 Å². The third-order valence-electron chi connectivity index (χ3n) is 3.59. The van der Waals surface area contributed by atoms with Crippen LogP contribution in [-0.4, -0.2) is 11.4 Å². The summed E-state index contributed by atoms with van der Waals surface area (Å²) in [6, 6.07) is 9.16. The van der Waals surface area contributed by atoms with Gasteiger partial charge in [0, 0.05) is 12.7 Å². The van der Waals surface area contributed by atoms with Crippen LogP contribution in [0.3, 0.4) is 0 Å². The second-order valence-corrected chi connectivity index (χ2v) is 5.47. The molecule has 0 aromatic heterocycles. The van der Waals surface area contributed by atoms with E-state index in [-0.39, 0.29) is 6.04 Å².